The lowest BCUT2D eigenvalue weighted by atomic mass is 9.64. The summed E-state index contributed by atoms with van der Waals surface area (Å²) < 4.78 is 15.0. The molecule has 1 saturated carbocycles. The molecule has 132 valence electrons. The molecule has 2 heterocycles. The van der Waals surface area contributed by atoms with Crippen LogP contribution < -0.4 is 5.32 Å². The third-order valence-corrected chi connectivity index (χ3v) is 5.23. The van der Waals surface area contributed by atoms with Crippen molar-refractivity contribution in [3.8, 4) is 6.07 Å². The second-order valence-electron chi connectivity index (χ2n) is 6.73. The fourth-order valence-electron chi connectivity index (χ4n) is 3.58. The van der Waals surface area contributed by atoms with Crippen molar-refractivity contribution in [1.82, 2.24) is 19.7 Å². The Morgan fingerprint density at radius 1 is 1.23 bits per heavy atom. The van der Waals surface area contributed by atoms with Crippen LogP contribution >= 0.6 is 0 Å². The van der Waals surface area contributed by atoms with Crippen LogP contribution in [0.5, 0.6) is 0 Å². The molecule has 0 amide bonds. The van der Waals surface area contributed by atoms with Gasteiger partial charge in [0, 0.05) is 12.0 Å². The highest BCUT2D eigenvalue weighted by atomic mass is 19.1. The smallest absolute Gasteiger partial charge is 0.163 e. The van der Waals surface area contributed by atoms with Crippen LogP contribution in [0, 0.1) is 17.1 Å². The number of hydrogen-bond acceptors (Lipinski definition) is 5. The Balaban J connectivity index is 1.56. The van der Waals surface area contributed by atoms with E-state index in [9.17, 15) is 4.39 Å². The summed E-state index contributed by atoms with van der Waals surface area (Å²) in [4.78, 5) is 8.67. The molecule has 0 saturated heterocycles. The van der Waals surface area contributed by atoms with Crippen LogP contribution in [0.25, 0.3) is 11.0 Å². The second-order valence-corrected chi connectivity index (χ2v) is 6.73. The number of hydrogen-bond donors (Lipinski definition) is 1. The Hall–Kier alpha value is -3.01. The zero-order valence-corrected chi connectivity index (χ0v) is 14.3. The van der Waals surface area contributed by atoms with E-state index in [-0.39, 0.29) is 11.2 Å². The number of fused-ring (bicyclic) bond motifs is 1. The third kappa shape index (κ3) is 2.88. The average molecular weight is 350 g/mol. The van der Waals surface area contributed by atoms with Gasteiger partial charge < -0.3 is 5.32 Å². The van der Waals surface area contributed by atoms with Gasteiger partial charge in [-0.25, -0.2) is 19.0 Å². The van der Waals surface area contributed by atoms with Gasteiger partial charge in [-0.15, -0.1) is 0 Å². The molecule has 1 aliphatic rings. The van der Waals surface area contributed by atoms with Crippen LogP contribution in [-0.2, 0) is 12.0 Å². The molecule has 0 radical (unpaired) electrons. The summed E-state index contributed by atoms with van der Waals surface area (Å²) >= 11 is 0. The Morgan fingerprint density at radius 3 is 2.73 bits per heavy atom. The van der Waals surface area contributed by atoms with Crippen molar-refractivity contribution in [3.63, 3.8) is 0 Å². The van der Waals surface area contributed by atoms with Crippen molar-refractivity contribution in [2.24, 2.45) is 0 Å². The first-order chi connectivity index (χ1) is 12.7. The number of aromatic nitrogens is 4. The standard InChI is InChI=1S/C19H19FN6/c20-15-5-3-14(4-6-15)19(7-1-8-19)12-22-17-16-11-25-26(10-2-9-21)18(16)24-13-23-17/h3-6,11,13H,1-2,7-8,10,12H2,(H,22,23,24). The lowest BCUT2D eigenvalue weighted by Gasteiger charge is -2.42. The van der Waals surface area contributed by atoms with Crippen molar-refractivity contribution in [2.45, 2.75) is 37.6 Å². The lowest BCUT2D eigenvalue weighted by molar-refractivity contribution is 0.260. The van der Waals surface area contributed by atoms with Crippen molar-refractivity contribution in [1.29, 1.82) is 5.26 Å². The molecule has 0 spiro atoms. The van der Waals surface area contributed by atoms with Crippen LogP contribution in [0.3, 0.4) is 0 Å². The molecule has 1 fully saturated rings. The minimum atomic E-state index is -0.210. The lowest BCUT2D eigenvalue weighted by Crippen LogP contribution is -2.41. The Bertz CT molecular complexity index is 952. The summed E-state index contributed by atoms with van der Waals surface area (Å²) in [5.74, 6) is 0.532. The SMILES string of the molecule is N#CCCn1ncc2c(NCC3(c4ccc(F)cc4)CCC3)ncnc21. The second kappa shape index (κ2) is 6.71. The first kappa shape index (κ1) is 16.5. The molecule has 0 aliphatic heterocycles. The minimum Gasteiger partial charge on any atom is -0.368 e. The maximum absolute atomic E-state index is 13.3. The molecule has 0 unspecified atom stereocenters. The fourth-order valence-corrected chi connectivity index (χ4v) is 3.58. The Morgan fingerprint density at radius 2 is 2.04 bits per heavy atom. The molecule has 4 rings (SSSR count). The van der Waals surface area contributed by atoms with Gasteiger partial charge >= 0.3 is 0 Å². The number of rotatable bonds is 6. The van der Waals surface area contributed by atoms with E-state index in [4.69, 9.17) is 5.26 Å². The summed E-state index contributed by atoms with van der Waals surface area (Å²) in [6, 6.07) is 8.93. The minimum absolute atomic E-state index is 0.0157. The van der Waals surface area contributed by atoms with E-state index in [1.54, 1.807) is 10.9 Å². The summed E-state index contributed by atoms with van der Waals surface area (Å²) in [6.07, 6.45) is 6.95. The summed E-state index contributed by atoms with van der Waals surface area (Å²) in [6.45, 7) is 1.24. The van der Waals surface area contributed by atoms with Gasteiger partial charge in [-0.1, -0.05) is 18.6 Å². The highest BCUT2D eigenvalue weighted by Crippen LogP contribution is 2.44. The summed E-state index contributed by atoms with van der Waals surface area (Å²) in [5, 5.41) is 17.4. The number of nitrogens with one attached hydrogen (secondary N) is 1. The van der Waals surface area contributed by atoms with E-state index in [1.165, 1.54) is 24.9 Å². The zero-order valence-electron chi connectivity index (χ0n) is 14.3. The maximum atomic E-state index is 13.3. The topological polar surface area (TPSA) is 79.4 Å². The van der Waals surface area contributed by atoms with Gasteiger partial charge in [-0.3, -0.25) is 0 Å². The molecule has 1 aliphatic carbocycles. The normalized spacial score (nSPS) is 15.4. The van der Waals surface area contributed by atoms with E-state index >= 15 is 0 Å². The largest absolute Gasteiger partial charge is 0.368 e. The van der Waals surface area contributed by atoms with E-state index < -0.39 is 0 Å². The van der Waals surface area contributed by atoms with Crippen molar-refractivity contribution >= 4 is 16.9 Å². The molecule has 0 bridgehead atoms. The van der Waals surface area contributed by atoms with Crippen LogP contribution in [0.4, 0.5) is 10.2 Å². The molecule has 6 nitrogen and oxygen atoms in total. The van der Waals surface area contributed by atoms with Gasteiger partial charge in [0.05, 0.1) is 30.6 Å². The number of anilines is 1. The first-order valence-corrected chi connectivity index (χ1v) is 8.75. The van der Waals surface area contributed by atoms with Crippen molar-refractivity contribution < 1.29 is 4.39 Å². The molecule has 3 aromatic rings. The van der Waals surface area contributed by atoms with Crippen LogP contribution in [-0.4, -0.2) is 26.3 Å². The summed E-state index contributed by atoms with van der Waals surface area (Å²) in [7, 11) is 0. The molecular weight excluding hydrogens is 331 g/mol. The van der Waals surface area contributed by atoms with Crippen molar-refractivity contribution in [2.75, 3.05) is 11.9 Å². The van der Waals surface area contributed by atoms with Gasteiger partial charge in [0.25, 0.3) is 0 Å². The van der Waals surface area contributed by atoms with Crippen molar-refractivity contribution in [3.05, 3.63) is 48.2 Å². The molecule has 2 aromatic heterocycles. The molecule has 1 aromatic carbocycles. The van der Waals surface area contributed by atoms with Crippen LogP contribution in [0.1, 0.15) is 31.2 Å². The number of halogens is 1. The average Bonchev–Trinajstić information content (AvgIpc) is 3.04. The van der Waals surface area contributed by atoms with Gasteiger partial charge in [0.15, 0.2) is 5.65 Å². The molecule has 0 atom stereocenters. The Labute approximate surface area is 150 Å². The van der Waals surface area contributed by atoms with Crippen LogP contribution in [0.2, 0.25) is 0 Å². The number of nitriles is 1. The van der Waals surface area contributed by atoms with E-state index in [0.717, 1.165) is 41.8 Å². The summed E-state index contributed by atoms with van der Waals surface area (Å²) in [5.41, 5.74) is 1.90. The predicted molar refractivity (Wildman–Crippen MR) is 96.0 cm³/mol. The molecule has 26 heavy (non-hydrogen) atoms. The zero-order chi connectivity index (χ0) is 18.0. The van der Waals surface area contributed by atoms with Gasteiger partial charge in [0.1, 0.15) is 18.0 Å². The molecular formula is C19H19FN6. The number of nitrogens with zero attached hydrogens (tertiary/aromatic N) is 5. The first-order valence-electron chi connectivity index (χ1n) is 8.75. The van der Waals surface area contributed by atoms with E-state index in [1.807, 2.05) is 12.1 Å². The molecule has 1 N–H and O–H groups in total. The van der Waals surface area contributed by atoms with E-state index in [2.05, 4.69) is 26.5 Å². The maximum Gasteiger partial charge on any atom is 0.163 e. The predicted octanol–water partition coefficient (Wildman–Crippen LogP) is 3.41. The molecule has 7 heteroatoms. The third-order valence-electron chi connectivity index (χ3n) is 5.23. The monoisotopic (exact) mass is 350 g/mol. The van der Waals surface area contributed by atoms with E-state index in [0.29, 0.717) is 13.0 Å². The number of benzene rings is 1. The highest BCUT2D eigenvalue weighted by molar-refractivity contribution is 5.86. The van der Waals surface area contributed by atoms with Gasteiger partial charge in [-0.2, -0.15) is 10.4 Å². The Kier molecular flexibility index (Phi) is 4.25. The number of aryl methyl sites for hydroxylation is 1. The van der Waals surface area contributed by atoms with Crippen LogP contribution in [0.15, 0.2) is 36.8 Å². The quantitative estimate of drug-likeness (QED) is 0.737. The van der Waals surface area contributed by atoms with Gasteiger partial charge in [-0.05, 0) is 30.5 Å². The van der Waals surface area contributed by atoms with Gasteiger partial charge in [0.2, 0.25) is 0 Å². The fraction of sp³-hybridized carbons (Fsp3) is 0.368. The highest BCUT2D eigenvalue weighted by Gasteiger charge is 2.38.